The SMILES string of the molecule is O=[N+]([O-])c1ccccc1COP(=O)(OCc1ccccc1[N+](=O)[O-])[C@H](NCc1ccccc1)c1ccc[nH]1. The standard InChI is InChI=1S/C26H25N4O7P/c31-29(32)24-14-6-4-11-21(24)18-36-38(35,37-19-22-12-5-7-15-25(22)30(33)34)26(23-13-8-16-27-23)28-17-20-9-2-1-3-10-20/h1-16,26-28H,17-19H2/t26-/m0/s1. The highest BCUT2D eigenvalue weighted by Crippen LogP contribution is 2.60. The predicted molar refractivity (Wildman–Crippen MR) is 140 cm³/mol. The van der Waals surface area contributed by atoms with E-state index in [0.29, 0.717) is 12.2 Å². The van der Waals surface area contributed by atoms with Crippen molar-refractivity contribution >= 4 is 19.0 Å². The van der Waals surface area contributed by atoms with Gasteiger partial charge in [-0.3, -0.25) is 30.1 Å². The van der Waals surface area contributed by atoms with Gasteiger partial charge in [0.25, 0.3) is 11.4 Å². The van der Waals surface area contributed by atoms with Crippen LogP contribution in [-0.2, 0) is 33.4 Å². The molecule has 196 valence electrons. The van der Waals surface area contributed by atoms with Gasteiger partial charge in [0.1, 0.15) is 0 Å². The normalized spacial score (nSPS) is 12.2. The molecule has 38 heavy (non-hydrogen) atoms. The number of hydrogen-bond donors (Lipinski definition) is 2. The molecule has 0 radical (unpaired) electrons. The molecule has 2 N–H and O–H groups in total. The summed E-state index contributed by atoms with van der Waals surface area (Å²) in [5.74, 6) is -1.01. The van der Waals surface area contributed by atoms with Crippen molar-refractivity contribution in [2.45, 2.75) is 25.5 Å². The zero-order chi connectivity index (χ0) is 27.0. The molecule has 0 amide bonds. The number of nitro benzene ring substituents is 2. The van der Waals surface area contributed by atoms with Crippen LogP contribution < -0.4 is 5.32 Å². The van der Waals surface area contributed by atoms with Crippen molar-refractivity contribution in [2.75, 3.05) is 0 Å². The monoisotopic (exact) mass is 536 g/mol. The lowest BCUT2D eigenvalue weighted by atomic mass is 10.2. The van der Waals surface area contributed by atoms with E-state index in [1.54, 1.807) is 30.5 Å². The first-order chi connectivity index (χ1) is 18.4. The van der Waals surface area contributed by atoms with Gasteiger partial charge in [-0.15, -0.1) is 0 Å². The van der Waals surface area contributed by atoms with Crippen molar-refractivity contribution in [1.82, 2.24) is 10.3 Å². The van der Waals surface area contributed by atoms with Crippen LogP contribution >= 0.6 is 7.60 Å². The third-order valence-electron chi connectivity index (χ3n) is 5.75. The first-order valence-corrected chi connectivity index (χ1v) is 13.2. The molecule has 0 unspecified atom stereocenters. The Kier molecular flexibility index (Phi) is 8.77. The molecule has 0 aliphatic carbocycles. The van der Waals surface area contributed by atoms with Gasteiger partial charge in [0, 0.05) is 30.6 Å². The van der Waals surface area contributed by atoms with Gasteiger partial charge in [-0.1, -0.05) is 54.6 Å². The fraction of sp³-hybridized carbons (Fsp3) is 0.154. The molecule has 0 bridgehead atoms. The second kappa shape index (κ2) is 12.4. The van der Waals surface area contributed by atoms with Gasteiger partial charge in [0.05, 0.1) is 34.2 Å². The zero-order valence-corrected chi connectivity index (χ0v) is 21.0. The Labute approximate surface area is 218 Å². The van der Waals surface area contributed by atoms with Crippen molar-refractivity contribution in [3.05, 3.63) is 140 Å². The van der Waals surface area contributed by atoms with Crippen LogP contribution in [0.1, 0.15) is 28.2 Å². The molecule has 3 aromatic carbocycles. The molecule has 0 fully saturated rings. The molecule has 0 aliphatic rings. The number of aromatic amines is 1. The lowest BCUT2D eigenvalue weighted by Crippen LogP contribution is -2.23. The summed E-state index contributed by atoms with van der Waals surface area (Å²) in [6.45, 7) is -0.455. The van der Waals surface area contributed by atoms with Gasteiger partial charge in [0.2, 0.25) is 0 Å². The molecule has 0 saturated carbocycles. The molecule has 11 nitrogen and oxygen atoms in total. The molecule has 0 spiro atoms. The van der Waals surface area contributed by atoms with Gasteiger partial charge < -0.3 is 14.0 Å². The fourth-order valence-corrected chi connectivity index (χ4v) is 5.67. The first kappa shape index (κ1) is 26.9. The summed E-state index contributed by atoms with van der Waals surface area (Å²) in [4.78, 5) is 24.9. The van der Waals surface area contributed by atoms with E-state index in [-0.39, 0.29) is 35.7 Å². The van der Waals surface area contributed by atoms with Gasteiger partial charge in [-0.05, 0) is 29.8 Å². The smallest absolute Gasteiger partial charge is 0.354 e. The maximum Gasteiger partial charge on any atom is 0.354 e. The molecule has 4 aromatic rings. The Bertz CT molecular complexity index is 1370. The third kappa shape index (κ3) is 6.58. The van der Waals surface area contributed by atoms with Crippen molar-refractivity contribution in [2.24, 2.45) is 0 Å². The Morgan fingerprint density at radius 1 is 0.763 bits per heavy atom. The van der Waals surface area contributed by atoms with E-state index in [9.17, 15) is 24.8 Å². The maximum absolute atomic E-state index is 14.5. The Morgan fingerprint density at radius 2 is 1.29 bits per heavy atom. The third-order valence-corrected chi connectivity index (χ3v) is 7.82. The Balaban J connectivity index is 1.67. The van der Waals surface area contributed by atoms with E-state index < -0.39 is 23.2 Å². The van der Waals surface area contributed by atoms with E-state index in [0.717, 1.165) is 5.56 Å². The van der Waals surface area contributed by atoms with Gasteiger partial charge in [-0.2, -0.15) is 0 Å². The van der Waals surface area contributed by atoms with Crippen molar-refractivity contribution < 1.29 is 23.5 Å². The predicted octanol–water partition coefficient (Wildman–Crippen LogP) is 6.25. The summed E-state index contributed by atoms with van der Waals surface area (Å²) in [5.41, 5.74) is 1.45. The van der Waals surface area contributed by atoms with Crippen molar-refractivity contribution in [1.29, 1.82) is 0 Å². The number of aromatic nitrogens is 1. The van der Waals surface area contributed by atoms with Crippen LogP contribution in [0.5, 0.6) is 0 Å². The minimum atomic E-state index is -4.17. The van der Waals surface area contributed by atoms with Crippen molar-refractivity contribution in [3.8, 4) is 0 Å². The molecule has 1 atom stereocenters. The quantitative estimate of drug-likeness (QED) is 0.116. The van der Waals surface area contributed by atoms with Gasteiger partial charge >= 0.3 is 7.60 Å². The summed E-state index contributed by atoms with van der Waals surface area (Å²) >= 11 is 0. The largest absolute Gasteiger partial charge is 0.363 e. The fourth-order valence-electron chi connectivity index (χ4n) is 3.84. The summed E-state index contributed by atoms with van der Waals surface area (Å²) in [6.07, 6.45) is 1.65. The van der Waals surface area contributed by atoms with Crippen LogP contribution in [0.4, 0.5) is 11.4 Å². The molecule has 12 heteroatoms. The summed E-state index contributed by atoms with van der Waals surface area (Å²) < 4.78 is 26.2. The molecule has 1 heterocycles. The average molecular weight is 536 g/mol. The molecular weight excluding hydrogens is 511 g/mol. The van der Waals surface area contributed by atoms with Crippen LogP contribution in [0, 0.1) is 20.2 Å². The molecule has 0 saturated heterocycles. The number of nitro groups is 2. The molecule has 1 aromatic heterocycles. The van der Waals surface area contributed by atoms with Gasteiger partial charge in [-0.25, -0.2) is 0 Å². The Hall–Kier alpha value is -4.15. The topological polar surface area (TPSA) is 150 Å². The minimum absolute atomic E-state index is 0.189. The van der Waals surface area contributed by atoms with Crippen molar-refractivity contribution in [3.63, 3.8) is 0 Å². The highest BCUT2D eigenvalue weighted by molar-refractivity contribution is 7.54. The number of nitrogens with zero attached hydrogens (tertiary/aromatic N) is 2. The van der Waals surface area contributed by atoms with Gasteiger partial charge in [0.15, 0.2) is 5.78 Å². The molecular formula is C26H25N4O7P. The van der Waals surface area contributed by atoms with Crippen LogP contribution in [0.2, 0.25) is 0 Å². The number of hydrogen-bond acceptors (Lipinski definition) is 8. The number of rotatable bonds is 13. The summed E-state index contributed by atoms with van der Waals surface area (Å²) in [6, 6.07) is 24.8. The maximum atomic E-state index is 14.5. The minimum Gasteiger partial charge on any atom is -0.363 e. The number of benzene rings is 3. The zero-order valence-electron chi connectivity index (χ0n) is 20.1. The first-order valence-electron chi connectivity index (χ1n) is 11.6. The Morgan fingerprint density at radius 3 is 1.79 bits per heavy atom. The van der Waals surface area contributed by atoms with E-state index in [1.807, 2.05) is 30.3 Å². The van der Waals surface area contributed by atoms with Crippen LogP contribution in [-0.4, -0.2) is 14.8 Å². The lowest BCUT2D eigenvalue weighted by Gasteiger charge is -2.27. The second-order valence-electron chi connectivity index (χ2n) is 8.25. The van der Waals surface area contributed by atoms with E-state index in [1.165, 1.54) is 36.4 Å². The van der Waals surface area contributed by atoms with E-state index in [2.05, 4.69) is 10.3 Å². The number of para-hydroxylation sites is 2. The molecule has 4 rings (SSSR count). The number of nitrogens with one attached hydrogen (secondary N) is 2. The second-order valence-corrected chi connectivity index (χ2v) is 10.4. The summed E-state index contributed by atoms with van der Waals surface area (Å²) in [5, 5.41) is 26.2. The average Bonchev–Trinajstić information content (AvgIpc) is 3.46. The number of H-pyrrole nitrogens is 1. The van der Waals surface area contributed by atoms with Crippen LogP contribution in [0.3, 0.4) is 0 Å². The highest BCUT2D eigenvalue weighted by atomic mass is 31.2. The van der Waals surface area contributed by atoms with Crippen LogP contribution in [0.25, 0.3) is 0 Å². The summed E-state index contributed by atoms with van der Waals surface area (Å²) in [7, 11) is -4.17. The van der Waals surface area contributed by atoms with E-state index >= 15 is 0 Å². The lowest BCUT2D eigenvalue weighted by molar-refractivity contribution is -0.385. The molecule has 0 aliphatic heterocycles. The highest BCUT2D eigenvalue weighted by Gasteiger charge is 2.39. The van der Waals surface area contributed by atoms with Crippen LogP contribution in [0.15, 0.2) is 97.2 Å². The van der Waals surface area contributed by atoms with E-state index in [4.69, 9.17) is 9.05 Å².